The van der Waals surface area contributed by atoms with Crippen molar-refractivity contribution >= 4 is 11.4 Å². The summed E-state index contributed by atoms with van der Waals surface area (Å²) in [7, 11) is 0. The third-order valence-corrected chi connectivity index (χ3v) is 1.88. The smallest absolute Gasteiger partial charge is 0.166 e. The fourth-order valence-electron chi connectivity index (χ4n) is 1.18. The standard InChI is InChI=1S/C10H8O/c11-10-7-6-9(10)8-4-2-1-3-5-8/h1-6H,7H2. The van der Waals surface area contributed by atoms with Crippen molar-refractivity contribution in [1.29, 1.82) is 0 Å². The van der Waals surface area contributed by atoms with Crippen molar-refractivity contribution < 1.29 is 4.79 Å². The van der Waals surface area contributed by atoms with Gasteiger partial charge in [-0.1, -0.05) is 36.4 Å². The molecule has 11 heavy (non-hydrogen) atoms. The lowest BCUT2D eigenvalue weighted by Gasteiger charge is -2.12. The van der Waals surface area contributed by atoms with Crippen molar-refractivity contribution in [3.63, 3.8) is 0 Å². The summed E-state index contributed by atoms with van der Waals surface area (Å²) in [6, 6.07) is 9.77. The van der Waals surface area contributed by atoms with Crippen molar-refractivity contribution in [3.05, 3.63) is 42.0 Å². The lowest BCUT2D eigenvalue weighted by atomic mass is 9.91. The Bertz CT molecular complexity index is 309. The molecular weight excluding hydrogens is 136 g/mol. The summed E-state index contributed by atoms with van der Waals surface area (Å²) in [5.41, 5.74) is 1.93. The molecule has 1 aliphatic rings. The summed E-state index contributed by atoms with van der Waals surface area (Å²) >= 11 is 0. The Labute approximate surface area is 65.4 Å². The molecule has 0 unspecified atom stereocenters. The van der Waals surface area contributed by atoms with Crippen molar-refractivity contribution in [2.75, 3.05) is 0 Å². The van der Waals surface area contributed by atoms with Gasteiger partial charge in [0.2, 0.25) is 0 Å². The number of allylic oxidation sites excluding steroid dienone is 2. The summed E-state index contributed by atoms with van der Waals surface area (Å²) in [4.78, 5) is 11.0. The number of carbonyl (C=O) groups is 1. The Kier molecular flexibility index (Phi) is 1.35. The van der Waals surface area contributed by atoms with E-state index >= 15 is 0 Å². The number of Topliss-reactive ketones (excluding diaryl/α,β-unsaturated/α-hetero) is 1. The summed E-state index contributed by atoms with van der Waals surface area (Å²) in [6.45, 7) is 0. The van der Waals surface area contributed by atoms with Crippen LogP contribution in [0.4, 0.5) is 0 Å². The first kappa shape index (κ1) is 6.35. The minimum absolute atomic E-state index is 0.260. The van der Waals surface area contributed by atoms with Gasteiger partial charge in [-0.25, -0.2) is 0 Å². The van der Waals surface area contributed by atoms with Gasteiger partial charge in [0.25, 0.3) is 0 Å². The number of hydrogen-bond donors (Lipinski definition) is 0. The molecule has 1 aromatic carbocycles. The molecule has 0 amide bonds. The molecule has 0 N–H and O–H groups in total. The van der Waals surface area contributed by atoms with Crippen LogP contribution in [0.25, 0.3) is 5.57 Å². The predicted octanol–water partition coefficient (Wildman–Crippen LogP) is 2.04. The van der Waals surface area contributed by atoms with Crippen molar-refractivity contribution in [2.45, 2.75) is 6.42 Å². The van der Waals surface area contributed by atoms with E-state index in [0.717, 1.165) is 11.1 Å². The van der Waals surface area contributed by atoms with Crippen LogP contribution >= 0.6 is 0 Å². The number of ketones is 1. The SMILES string of the molecule is O=C1CC=C1c1ccccc1. The third kappa shape index (κ3) is 0.984. The van der Waals surface area contributed by atoms with Gasteiger partial charge >= 0.3 is 0 Å². The van der Waals surface area contributed by atoms with E-state index in [-0.39, 0.29) is 5.78 Å². The normalized spacial score (nSPS) is 15.6. The fraction of sp³-hybridized carbons (Fsp3) is 0.100. The first-order valence-electron chi connectivity index (χ1n) is 3.67. The first-order chi connectivity index (χ1) is 5.38. The van der Waals surface area contributed by atoms with E-state index in [2.05, 4.69) is 0 Å². The molecule has 0 saturated heterocycles. The molecule has 1 aromatic rings. The highest BCUT2D eigenvalue weighted by molar-refractivity contribution is 6.27. The van der Waals surface area contributed by atoms with Gasteiger partial charge in [-0.15, -0.1) is 0 Å². The zero-order valence-corrected chi connectivity index (χ0v) is 6.08. The van der Waals surface area contributed by atoms with Gasteiger partial charge in [0, 0.05) is 12.0 Å². The largest absolute Gasteiger partial charge is 0.294 e. The van der Waals surface area contributed by atoms with Crippen LogP contribution in [0.3, 0.4) is 0 Å². The maximum Gasteiger partial charge on any atom is 0.166 e. The van der Waals surface area contributed by atoms with Gasteiger partial charge in [0.1, 0.15) is 0 Å². The van der Waals surface area contributed by atoms with Gasteiger partial charge in [-0.05, 0) is 5.56 Å². The van der Waals surface area contributed by atoms with Gasteiger partial charge in [0.05, 0.1) is 0 Å². The van der Waals surface area contributed by atoms with Crippen molar-refractivity contribution in [3.8, 4) is 0 Å². The topological polar surface area (TPSA) is 17.1 Å². The van der Waals surface area contributed by atoms with E-state index in [9.17, 15) is 4.79 Å². The van der Waals surface area contributed by atoms with Crippen LogP contribution in [0.15, 0.2) is 36.4 Å². The van der Waals surface area contributed by atoms with E-state index in [4.69, 9.17) is 0 Å². The third-order valence-electron chi connectivity index (χ3n) is 1.88. The van der Waals surface area contributed by atoms with Crippen molar-refractivity contribution in [2.24, 2.45) is 0 Å². The lowest BCUT2D eigenvalue weighted by molar-refractivity contribution is -0.114. The number of carbonyl (C=O) groups excluding carboxylic acids is 1. The number of hydrogen-bond acceptors (Lipinski definition) is 1. The van der Waals surface area contributed by atoms with Gasteiger partial charge in [0.15, 0.2) is 5.78 Å². The van der Waals surface area contributed by atoms with Gasteiger partial charge in [-0.3, -0.25) is 4.79 Å². The minimum atomic E-state index is 0.260. The highest BCUT2D eigenvalue weighted by Crippen LogP contribution is 2.24. The molecule has 0 spiro atoms. The van der Waals surface area contributed by atoms with Crippen LogP contribution < -0.4 is 0 Å². The zero-order valence-electron chi connectivity index (χ0n) is 6.08. The van der Waals surface area contributed by atoms with Crippen LogP contribution in [0.5, 0.6) is 0 Å². The Morgan fingerprint density at radius 3 is 2.27 bits per heavy atom. The second-order valence-corrected chi connectivity index (χ2v) is 2.61. The minimum Gasteiger partial charge on any atom is -0.294 e. The van der Waals surface area contributed by atoms with Crippen LogP contribution in [0.1, 0.15) is 12.0 Å². The monoisotopic (exact) mass is 144 g/mol. The van der Waals surface area contributed by atoms with Crippen LogP contribution in [0.2, 0.25) is 0 Å². The molecule has 0 saturated carbocycles. The Morgan fingerprint density at radius 1 is 1.09 bits per heavy atom. The summed E-state index contributed by atoms with van der Waals surface area (Å²) in [6.07, 6.45) is 2.59. The first-order valence-corrected chi connectivity index (χ1v) is 3.67. The van der Waals surface area contributed by atoms with E-state index in [1.165, 1.54) is 0 Å². The summed E-state index contributed by atoms with van der Waals surface area (Å²) < 4.78 is 0. The van der Waals surface area contributed by atoms with Crippen LogP contribution in [-0.4, -0.2) is 5.78 Å². The molecule has 0 aliphatic heterocycles. The Morgan fingerprint density at radius 2 is 1.82 bits per heavy atom. The van der Waals surface area contributed by atoms with Crippen molar-refractivity contribution in [1.82, 2.24) is 0 Å². The highest BCUT2D eigenvalue weighted by atomic mass is 16.1. The second kappa shape index (κ2) is 2.35. The van der Waals surface area contributed by atoms with E-state index in [1.807, 2.05) is 36.4 Å². The fourth-order valence-corrected chi connectivity index (χ4v) is 1.18. The molecule has 0 radical (unpaired) electrons. The molecule has 0 heterocycles. The van der Waals surface area contributed by atoms with E-state index in [1.54, 1.807) is 0 Å². The molecule has 2 rings (SSSR count). The average Bonchev–Trinajstić information content (AvgIpc) is 2.04. The Hall–Kier alpha value is -1.37. The average molecular weight is 144 g/mol. The second-order valence-electron chi connectivity index (χ2n) is 2.61. The molecule has 0 atom stereocenters. The highest BCUT2D eigenvalue weighted by Gasteiger charge is 2.17. The Balaban J connectivity index is 2.38. The predicted molar refractivity (Wildman–Crippen MR) is 44.0 cm³/mol. The molecule has 1 heteroatoms. The zero-order chi connectivity index (χ0) is 7.68. The van der Waals surface area contributed by atoms with E-state index < -0.39 is 0 Å². The number of benzene rings is 1. The molecule has 1 aliphatic carbocycles. The maximum absolute atomic E-state index is 11.0. The molecule has 0 aromatic heterocycles. The molecule has 54 valence electrons. The van der Waals surface area contributed by atoms with Crippen LogP contribution in [-0.2, 0) is 4.79 Å². The molecular formula is C10H8O. The molecule has 0 bridgehead atoms. The maximum atomic E-state index is 11.0. The van der Waals surface area contributed by atoms with E-state index in [0.29, 0.717) is 6.42 Å². The lowest BCUT2D eigenvalue weighted by Crippen LogP contribution is -2.08. The van der Waals surface area contributed by atoms with Gasteiger partial charge < -0.3 is 0 Å². The molecule has 0 fully saturated rings. The van der Waals surface area contributed by atoms with Gasteiger partial charge in [-0.2, -0.15) is 0 Å². The van der Waals surface area contributed by atoms with Crippen LogP contribution in [0, 0.1) is 0 Å². The summed E-state index contributed by atoms with van der Waals surface area (Å²) in [5.74, 6) is 0.260. The summed E-state index contributed by atoms with van der Waals surface area (Å²) in [5, 5.41) is 0. The molecule has 1 nitrogen and oxygen atoms in total. The quantitative estimate of drug-likeness (QED) is 0.589. The number of rotatable bonds is 1.